The smallest absolute Gasteiger partial charge is 0.335 e. The number of amides is 2. The second-order valence-corrected chi connectivity index (χ2v) is 11.9. The van der Waals surface area contributed by atoms with Gasteiger partial charge in [-0.25, -0.2) is 4.79 Å². The number of allylic oxidation sites excluding steroid dienone is 2. The van der Waals surface area contributed by atoms with Gasteiger partial charge in [-0.2, -0.15) is 0 Å². The van der Waals surface area contributed by atoms with Gasteiger partial charge in [-0.15, -0.1) is 0 Å². The van der Waals surface area contributed by atoms with E-state index in [9.17, 15) is 24.6 Å². The Bertz CT molecular complexity index is 1360. The average molecular weight is 606 g/mol. The number of aromatic carboxylic acids is 1. The molecule has 3 N–H and O–H groups in total. The van der Waals surface area contributed by atoms with Crippen LogP contribution in [0.15, 0.2) is 54.6 Å². The summed E-state index contributed by atoms with van der Waals surface area (Å²) in [5.41, 5.74) is 0.320. The largest absolute Gasteiger partial charge is 0.490 e. The summed E-state index contributed by atoms with van der Waals surface area (Å²) in [6.07, 6.45) is 7.38. The highest BCUT2D eigenvalue weighted by Gasteiger charge is 2.55. The van der Waals surface area contributed by atoms with Gasteiger partial charge in [0.05, 0.1) is 18.3 Å². The molecule has 2 atom stereocenters. The van der Waals surface area contributed by atoms with Gasteiger partial charge in [0.15, 0.2) is 11.5 Å². The van der Waals surface area contributed by atoms with Crippen LogP contribution < -0.4 is 14.8 Å². The number of nitrogens with one attached hydrogen (secondary N) is 1. The van der Waals surface area contributed by atoms with Crippen LogP contribution in [0.3, 0.4) is 0 Å². The number of aliphatic hydroxyl groups excluding tert-OH is 1. The molecule has 2 aromatic rings. The molecule has 1 aliphatic carbocycles. The summed E-state index contributed by atoms with van der Waals surface area (Å²) >= 11 is 0. The zero-order valence-electron chi connectivity index (χ0n) is 25.5. The number of carboxylic acids is 1. The Hall–Kier alpha value is -3.89. The number of aliphatic hydroxyl groups is 1. The molecule has 10 heteroatoms. The van der Waals surface area contributed by atoms with E-state index in [1.165, 1.54) is 12.1 Å². The predicted molar refractivity (Wildman–Crippen MR) is 165 cm³/mol. The van der Waals surface area contributed by atoms with Gasteiger partial charge >= 0.3 is 5.97 Å². The van der Waals surface area contributed by atoms with Crippen LogP contribution in [0.25, 0.3) is 0 Å². The molecule has 2 amide bonds. The van der Waals surface area contributed by atoms with E-state index in [0.717, 1.165) is 31.2 Å². The monoisotopic (exact) mass is 605 g/mol. The molecule has 1 spiro atoms. The minimum atomic E-state index is -1.03. The molecule has 10 nitrogen and oxygen atoms in total. The summed E-state index contributed by atoms with van der Waals surface area (Å²) in [5, 5.41) is 23.3. The highest BCUT2D eigenvalue weighted by atomic mass is 16.5. The summed E-state index contributed by atoms with van der Waals surface area (Å²) in [7, 11) is 0. The number of ether oxygens (including phenoxy) is 2. The third kappa shape index (κ3) is 6.61. The Morgan fingerprint density at radius 1 is 1.05 bits per heavy atom. The summed E-state index contributed by atoms with van der Waals surface area (Å²) in [4.78, 5) is 42.9. The van der Waals surface area contributed by atoms with Crippen molar-refractivity contribution in [2.75, 3.05) is 26.2 Å². The van der Waals surface area contributed by atoms with Crippen LogP contribution in [0.4, 0.5) is 0 Å². The zero-order chi connectivity index (χ0) is 31.3. The molecule has 44 heavy (non-hydrogen) atoms. The SMILES string of the molecule is CCCCN1C(=O)[C@@H]([C@H](O)C2CC=CC2)NC(=O)C12CCN(Cc1ccc(Oc3ccc(C(=O)O)cc3OCC)cc1)CC2. The molecule has 2 aromatic carbocycles. The fraction of sp³-hybridized carbons (Fsp3) is 0.500. The van der Waals surface area contributed by atoms with E-state index >= 15 is 0 Å². The highest BCUT2D eigenvalue weighted by Crippen LogP contribution is 2.37. The quantitative estimate of drug-likeness (QED) is 0.305. The molecule has 2 aliphatic heterocycles. The number of carboxylic acid groups (broad SMARTS) is 1. The third-order valence-corrected chi connectivity index (χ3v) is 9.09. The maximum Gasteiger partial charge on any atom is 0.335 e. The van der Waals surface area contributed by atoms with Crippen molar-refractivity contribution in [3.8, 4) is 17.2 Å². The maximum absolute atomic E-state index is 13.8. The number of likely N-dealkylation sites (tertiary alicyclic amines) is 1. The molecule has 2 saturated heterocycles. The predicted octanol–water partition coefficient (Wildman–Crippen LogP) is 4.36. The number of unbranched alkanes of at least 4 members (excludes halogenated alkanes) is 1. The van der Waals surface area contributed by atoms with Crippen LogP contribution in [0.1, 0.15) is 68.3 Å². The number of rotatable bonds is 12. The fourth-order valence-corrected chi connectivity index (χ4v) is 6.52. The van der Waals surface area contributed by atoms with E-state index in [4.69, 9.17) is 9.47 Å². The van der Waals surface area contributed by atoms with Gasteiger partial charge in [0.25, 0.3) is 0 Å². The maximum atomic E-state index is 13.8. The van der Waals surface area contributed by atoms with Crippen LogP contribution in [0.2, 0.25) is 0 Å². The first-order valence-corrected chi connectivity index (χ1v) is 15.7. The molecular weight excluding hydrogens is 562 g/mol. The molecule has 0 radical (unpaired) electrons. The lowest BCUT2D eigenvalue weighted by atomic mass is 9.79. The Balaban J connectivity index is 1.22. The van der Waals surface area contributed by atoms with E-state index in [1.54, 1.807) is 11.0 Å². The second kappa shape index (κ2) is 13.8. The number of nitrogens with zero attached hydrogens (tertiary/aromatic N) is 2. The first kappa shape index (κ1) is 31.5. The lowest BCUT2D eigenvalue weighted by Gasteiger charge is -2.52. The van der Waals surface area contributed by atoms with E-state index in [2.05, 4.69) is 17.1 Å². The number of hydrogen-bond acceptors (Lipinski definition) is 7. The minimum absolute atomic E-state index is 0.0471. The first-order valence-electron chi connectivity index (χ1n) is 15.7. The van der Waals surface area contributed by atoms with Gasteiger partial charge in [0.1, 0.15) is 17.3 Å². The topological polar surface area (TPSA) is 129 Å². The summed E-state index contributed by atoms with van der Waals surface area (Å²) in [6.45, 7) is 6.80. The number of piperidine rings is 1. The molecule has 0 bridgehead atoms. The average Bonchev–Trinajstić information content (AvgIpc) is 3.57. The van der Waals surface area contributed by atoms with Crippen LogP contribution in [0.5, 0.6) is 17.2 Å². The van der Waals surface area contributed by atoms with Crippen molar-refractivity contribution in [3.63, 3.8) is 0 Å². The summed E-state index contributed by atoms with van der Waals surface area (Å²) < 4.78 is 11.6. The fourth-order valence-electron chi connectivity index (χ4n) is 6.52. The molecule has 5 rings (SSSR count). The molecule has 2 heterocycles. The third-order valence-electron chi connectivity index (χ3n) is 9.09. The van der Waals surface area contributed by atoms with Gasteiger partial charge in [0, 0.05) is 26.2 Å². The Kier molecular flexibility index (Phi) is 9.90. The van der Waals surface area contributed by atoms with Crippen LogP contribution in [-0.2, 0) is 16.1 Å². The number of piperazine rings is 1. The first-order chi connectivity index (χ1) is 21.3. The van der Waals surface area contributed by atoms with Crippen molar-refractivity contribution in [1.29, 1.82) is 0 Å². The van der Waals surface area contributed by atoms with Gasteiger partial charge in [-0.1, -0.05) is 37.6 Å². The van der Waals surface area contributed by atoms with Crippen molar-refractivity contribution in [2.45, 2.75) is 76.6 Å². The molecule has 0 aromatic heterocycles. The number of benzene rings is 2. The van der Waals surface area contributed by atoms with E-state index in [-0.39, 0.29) is 23.3 Å². The van der Waals surface area contributed by atoms with Crippen molar-refractivity contribution in [2.24, 2.45) is 5.92 Å². The van der Waals surface area contributed by atoms with E-state index in [0.29, 0.717) is 62.9 Å². The van der Waals surface area contributed by atoms with Crippen molar-refractivity contribution in [3.05, 3.63) is 65.7 Å². The molecule has 0 unspecified atom stereocenters. The Labute approximate surface area is 258 Å². The van der Waals surface area contributed by atoms with Gasteiger partial charge in [-0.05, 0) is 80.8 Å². The Morgan fingerprint density at radius 2 is 1.75 bits per heavy atom. The van der Waals surface area contributed by atoms with Crippen molar-refractivity contribution >= 4 is 17.8 Å². The standard InChI is InChI=1S/C34H43N3O7/c1-3-5-18-37-31(39)29(30(38)24-8-6-7-9-24)35-33(42)34(37)16-19-36(20-17-34)22-23-10-13-26(14-11-23)44-27-15-12-25(32(40)41)21-28(27)43-4-2/h6-7,10-15,21,24,29-30,38H,3-5,8-9,16-20,22H2,1-2H3,(H,35,42)(H,40,41)/t29-,30-/m1/s1. The van der Waals surface area contributed by atoms with E-state index in [1.807, 2.05) is 43.3 Å². The van der Waals surface area contributed by atoms with Gasteiger partial charge in [0.2, 0.25) is 11.8 Å². The molecule has 236 valence electrons. The van der Waals surface area contributed by atoms with Crippen molar-refractivity contribution in [1.82, 2.24) is 15.1 Å². The molecular formula is C34H43N3O7. The zero-order valence-corrected chi connectivity index (χ0v) is 25.5. The summed E-state index contributed by atoms with van der Waals surface area (Å²) in [6, 6.07) is 11.3. The molecule has 3 aliphatic rings. The number of hydrogen-bond donors (Lipinski definition) is 3. The van der Waals surface area contributed by atoms with Crippen LogP contribution >= 0.6 is 0 Å². The Morgan fingerprint density at radius 3 is 2.39 bits per heavy atom. The molecule has 0 saturated carbocycles. The minimum Gasteiger partial charge on any atom is -0.490 e. The number of carbonyl (C=O) groups is 3. The highest BCUT2D eigenvalue weighted by molar-refractivity contribution is 6.00. The van der Waals surface area contributed by atoms with E-state index < -0.39 is 23.7 Å². The summed E-state index contributed by atoms with van der Waals surface area (Å²) in [5.74, 6) is 0.0224. The lowest BCUT2D eigenvalue weighted by Crippen LogP contribution is -2.75. The van der Waals surface area contributed by atoms with Crippen LogP contribution in [-0.4, -0.2) is 81.7 Å². The van der Waals surface area contributed by atoms with Gasteiger partial charge < -0.3 is 29.9 Å². The molecule has 2 fully saturated rings. The number of carbonyl (C=O) groups excluding carboxylic acids is 2. The van der Waals surface area contributed by atoms with Crippen LogP contribution in [0, 0.1) is 5.92 Å². The normalized spacial score (nSPS) is 21.0. The van der Waals surface area contributed by atoms with Gasteiger partial charge in [-0.3, -0.25) is 14.5 Å². The second-order valence-electron chi connectivity index (χ2n) is 11.9. The lowest BCUT2D eigenvalue weighted by molar-refractivity contribution is -0.165. The van der Waals surface area contributed by atoms with Crippen molar-refractivity contribution < 1.29 is 34.1 Å².